The smallest absolute Gasteiger partial charge is 0.0698 e. The normalized spacial score (nSPS) is 11.9. The second-order valence-corrected chi connectivity index (χ2v) is 4.66. The fourth-order valence-electron chi connectivity index (χ4n) is 2.17. The molecule has 0 aliphatic carbocycles. The topological polar surface area (TPSA) is 17.3 Å². The molecule has 0 aliphatic rings. The summed E-state index contributed by atoms with van der Waals surface area (Å²) in [5.74, 6) is 1.12. The maximum atomic E-state index is 4.28. The minimum Gasteiger partial charge on any atom is -0.241 e. The van der Waals surface area contributed by atoms with Gasteiger partial charge in [0.05, 0.1) is 5.52 Å². The van der Waals surface area contributed by atoms with Crippen molar-refractivity contribution >= 4 is 5.52 Å². The van der Waals surface area contributed by atoms with E-state index in [-0.39, 0.29) is 0 Å². The molecular weight excluding hydrogens is 184 g/mol. The van der Waals surface area contributed by atoms with Gasteiger partial charge in [-0.3, -0.25) is 0 Å². The van der Waals surface area contributed by atoms with Crippen molar-refractivity contribution < 1.29 is 0 Å². The number of rotatable bonds is 2. The SMILES string of the molecule is CC(C)c1ccn2nccc2c1C(C)C. The lowest BCUT2D eigenvalue weighted by Gasteiger charge is -2.17. The Morgan fingerprint density at radius 3 is 2.40 bits per heavy atom. The van der Waals surface area contributed by atoms with E-state index in [1.807, 2.05) is 10.7 Å². The summed E-state index contributed by atoms with van der Waals surface area (Å²) in [4.78, 5) is 0. The molecule has 2 nitrogen and oxygen atoms in total. The molecule has 0 aliphatic heterocycles. The van der Waals surface area contributed by atoms with Gasteiger partial charge in [-0.15, -0.1) is 0 Å². The highest BCUT2D eigenvalue weighted by Gasteiger charge is 2.13. The fourth-order valence-corrected chi connectivity index (χ4v) is 2.17. The predicted octanol–water partition coefficient (Wildman–Crippen LogP) is 3.58. The van der Waals surface area contributed by atoms with Crippen LogP contribution in [0.2, 0.25) is 0 Å². The van der Waals surface area contributed by atoms with E-state index in [1.165, 1.54) is 16.6 Å². The molecule has 0 bridgehead atoms. The molecule has 2 aromatic rings. The molecule has 0 saturated heterocycles. The number of hydrogen-bond donors (Lipinski definition) is 0. The van der Waals surface area contributed by atoms with Crippen molar-refractivity contribution in [3.05, 3.63) is 35.7 Å². The molecular formula is C13H18N2. The average Bonchev–Trinajstić information content (AvgIpc) is 2.62. The molecule has 2 aromatic heterocycles. The Morgan fingerprint density at radius 2 is 1.80 bits per heavy atom. The zero-order valence-corrected chi connectivity index (χ0v) is 9.86. The number of nitrogens with zero attached hydrogens (tertiary/aromatic N) is 2. The first-order chi connectivity index (χ1) is 7.11. The highest BCUT2D eigenvalue weighted by atomic mass is 15.2. The van der Waals surface area contributed by atoms with E-state index in [0.29, 0.717) is 11.8 Å². The fraction of sp³-hybridized carbons (Fsp3) is 0.462. The molecule has 0 atom stereocenters. The van der Waals surface area contributed by atoms with Crippen molar-refractivity contribution in [2.75, 3.05) is 0 Å². The van der Waals surface area contributed by atoms with E-state index in [4.69, 9.17) is 0 Å². The minimum absolute atomic E-state index is 0.544. The molecule has 2 heteroatoms. The number of aromatic nitrogens is 2. The van der Waals surface area contributed by atoms with Gasteiger partial charge in [-0.1, -0.05) is 27.7 Å². The summed E-state index contributed by atoms with van der Waals surface area (Å²) < 4.78 is 1.96. The van der Waals surface area contributed by atoms with Crippen molar-refractivity contribution in [2.24, 2.45) is 0 Å². The van der Waals surface area contributed by atoms with E-state index < -0.39 is 0 Å². The summed E-state index contributed by atoms with van der Waals surface area (Å²) in [7, 11) is 0. The van der Waals surface area contributed by atoms with Crippen molar-refractivity contribution in [1.82, 2.24) is 9.61 Å². The van der Waals surface area contributed by atoms with E-state index in [1.54, 1.807) is 0 Å². The lowest BCUT2D eigenvalue weighted by molar-refractivity contribution is 0.781. The molecule has 0 N–H and O–H groups in total. The van der Waals surface area contributed by atoms with Crippen LogP contribution in [0.25, 0.3) is 5.52 Å². The monoisotopic (exact) mass is 202 g/mol. The molecule has 0 saturated carbocycles. The van der Waals surface area contributed by atoms with Gasteiger partial charge in [0, 0.05) is 12.4 Å². The summed E-state index contributed by atoms with van der Waals surface area (Å²) >= 11 is 0. The summed E-state index contributed by atoms with van der Waals surface area (Å²) in [6, 6.07) is 4.29. The first-order valence-corrected chi connectivity index (χ1v) is 5.57. The summed E-state index contributed by atoms with van der Waals surface area (Å²) in [5.41, 5.74) is 4.12. The van der Waals surface area contributed by atoms with Crippen LogP contribution in [-0.4, -0.2) is 9.61 Å². The Morgan fingerprint density at radius 1 is 1.07 bits per heavy atom. The van der Waals surface area contributed by atoms with Crippen LogP contribution < -0.4 is 0 Å². The van der Waals surface area contributed by atoms with Crippen LogP contribution in [-0.2, 0) is 0 Å². The van der Waals surface area contributed by atoms with Gasteiger partial charge in [0.2, 0.25) is 0 Å². The van der Waals surface area contributed by atoms with Gasteiger partial charge in [-0.05, 0) is 35.1 Å². The van der Waals surface area contributed by atoms with Crippen LogP contribution in [0.15, 0.2) is 24.5 Å². The number of hydrogen-bond acceptors (Lipinski definition) is 1. The highest BCUT2D eigenvalue weighted by molar-refractivity contribution is 5.59. The number of pyridine rings is 1. The summed E-state index contributed by atoms with van der Waals surface area (Å²) in [5, 5.41) is 4.28. The second-order valence-electron chi connectivity index (χ2n) is 4.66. The van der Waals surface area contributed by atoms with Gasteiger partial charge in [-0.2, -0.15) is 5.10 Å². The number of fused-ring (bicyclic) bond motifs is 1. The Hall–Kier alpha value is -1.31. The van der Waals surface area contributed by atoms with Gasteiger partial charge in [-0.25, -0.2) is 4.52 Å². The molecule has 0 fully saturated rings. The maximum absolute atomic E-state index is 4.28. The van der Waals surface area contributed by atoms with Crippen molar-refractivity contribution in [2.45, 2.75) is 39.5 Å². The molecule has 80 valence electrons. The van der Waals surface area contributed by atoms with Gasteiger partial charge in [0.15, 0.2) is 0 Å². The standard InChI is InChI=1S/C13H18N2/c1-9(2)11-6-8-15-12(5-7-14-15)13(11)10(3)4/h5-10H,1-4H3. The molecule has 0 radical (unpaired) electrons. The van der Waals surface area contributed by atoms with Crippen molar-refractivity contribution in [1.29, 1.82) is 0 Å². The molecule has 2 rings (SSSR count). The Kier molecular flexibility index (Phi) is 2.51. The lowest BCUT2D eigenvalue weighted by Crippen LogP contribution is -2.02. The van der Waals surface area contributed by atoms with E-state index in [0.717, 1.165) is 0 Å². The van der Waals surface area contributed by atoms with Crippen LogP contribution in [0.4, 0.5) is 0 Å². The van der Waals surface area contributed by atoms with E-state index >= 15 is 0 Å². The Labute approximate surface area is 90.9 Å². The second kappa shape index (κ2) is 3.69. The summed E-state index contributed by atoms with van der Waals surface area (Å²) in [6.45, 7) is 8.98. The third-order valence-electron chi connectivity index (χ3n) is 2.85. The first-order valence-electron chi connectivity index (χ1n) is 5.57. The molecule has 0 amide bonds. The zero-order valence-electron chi connectivity index (χ0n) is 9.86. The molecule has 15 heavy (non-hydrogen) atoms. The van der Waals surface area contributed by atoms with Crippen LogP contribution in [0.1, 0.15) is 50.7 Å². The van der Waals surface area contributed by atoms with Gasteiger partial charge in [0.25, 0.3) is 0 Å². The minimum atomic E-state index is 0.544. The third kappa shape index (κ3) is 1.65. The van der Waals surface area contributed by atoms with Crippen LogP contribution >= 0.6 is 0 Å². The Bertz CT molecular complexity index is 466. The first kappa shape index (κ1) is 10.2. The lowest BCUT2D eigenvalue weighted by atomic mass is 9.91. The molecule has 2 heterocycles. The quantitative estimate of drug-likeness (QED) is 0.727. The van der Waals surface area contributed by atoms with Gasteiger partial charge < -0.3 is 0 Å². The van der Waals surface area contributed by atoms with E-state index in [9.17, 15) is 0 Å². The largest absolute Gasteiger partial charge is 0.241 e. The van der Waals surface area contributed by atoms with Crippen molar-refractivity contribution in [3.63, 3.8) is 0 Å². The molecule has 0 aromatic carbocycles. The van der Waals surface area contributed by atoms with Crippen LogP contribution in [0.5, 0.6) is 0 Å². The van der Waals surface area contributed by atoms with E-state index in [2.05, 4.69) is 51.1 Å². The summed E-state index contributed by atoms with van der Waals surface area (Å²) in [6.07, 6.45) is 3.92. The van der Waals surface area contributed by atoms with Gasteiger partial charge >= 0.3 is 0 Å². The van der Waals surface area contributed by atoms with Crippen molar-refractivity contribution in [3.8, 4) is 0 Å². The third-order valence-corrected chi connectivity index (χ3v) is 2.85. The molecule has 0 spiro atoms. The molecule has 0 unspecified atom stereocenters. The predicted molar refractivity (Wildman–Crippen MR) is 63.4 cm³/mol. The van der Waals surface area contributed by atoms with Gasteiger partial charge in [0.1, 0.15) is 0 Å². The average molecular weight is 202 g/mol. The zero-order chi connectivity index (χ0) is 11.0. The Balaban J connectivity index is 2.75. The highest BCUT2D eigenvalue weighted by Crippen LogP contribution is 2.29. The maximum Gasteiger partial charge on any atom is 0.0698 e. The van der Waals surface area contributed by atoms with Crippen LogP contribution in [0, 0.1) is 0 Å². The van der Waals surface area contributed by atoms with Crippen LogP contribution in [0.3, 0.4) is 0 Å².